The number of hydrogen-bond acceptors (Lipinski definition) is 4. The maximum atomic E-state index is 11.9. The second-order valence-corrected chi connectivity index (χ2v) is 4.69. The molecule has 0 bridgehead atoms. The summed E-state index contributed by atoms with van der Waals surface area (Å²) >= 11 is 0. The van der Waals surface area contributed by atoms with Gasteiger partial charge in [0.1, 0.15) is 6.61 Å². The van der Waals surface area contributed by atoms with E-state index in [2.05, 4.69) is 0 Å². The van der Waals surface area contributed by atoms with E-state index >= 15 is 0 Å². The Morgan fingerprint density at radius 2 is 2.11 bits per heavy atom. The molecule has 1 fully saturated rings. The Bertz CT molecular complexity index is 409. The number of benzene rings is 1. The van der Waals surface area contributed by atoms with Crippen LogP contribution in [0.25, 0.3) is 0 Å². The molecule has 1 aliphatic rings. The summed E-state index contributed by atoms with van der Waals surface area (Å²) in [6.45, 7) is 0.999. The molecule has 0 radical (unpaired) electrons. The minimum absolute atomic E-state index is 0.131. The van der Waals surface area contributed by atoms with Gasteiger partial charge < -0.3 is 19.5 Å². The van der Waals surface area contributed by atoms with Crippen LogP contribution in [0.15, 0.2) is 30.3 Å². The molecule has 19 heavy (non-hydrogen) atoms. The van der Waals surface area contributed by atoms with Gasteiger partial charge in [-0.15, -0.1) is 0 Å². The summed E-state index contributed by atoms with van der Waals surface area (Å²) in [5, 5.41) is 9.69. The van der Waals surface area contributed by atoms with Crippen LogP contribution >= 0.6 is 0 Å². The zero-order valence-corrected chi connectivity index (χ0v) is 11.0. The predicted octanol–water partition coefficient (Wildman–Crippen LogP) is 1.40. The molecule has 1 amide bonds. The molecule has 0 aromatic heterocycles. The molecule has 1 aromatic rings. The SMILES string of the molecule is CO[C@H]1C[C@@H](O)CN(C(=O)OCc2ccccc2)C1. The van der Waals surface area contributed by atoms with Crippen LogP contribution in [0.3, 0.4) is 0 Å². The van der Waals surface area contributed by atoms with Gasteiger partial charge in [0.25, 0.3) is 0 Å². The summed E-state index contributed by atoms with van der Waals surface area (Å²) in [4.78, 5) is 13.4. The first kappa shape index (κ1) is 13.8. The number of carbonyl (C=O) groups is 1. The Labute approximate surface area is 112 Å². The third-order valence-corrected chi connectivity index (χ3v) is 3.19. The third-order valence-electron chi connectivity index (χ3n) is 3.19. The Morgan fingerprint density at radius 1 is 1.37 bits per heavy atom. The number of amides is 1. The zero-order chi connectivity index (χ0) is 13.7. The van der Waals surface area contributed by atoms with E-state index in [1.807, 2.05) is 30.3 Å². The summed E-state index contributed by atoms with van der Waals surface area (Å²) in [6.07, 6.45) is -0.542. The number of aliphatic hydroxyl groups excluding tert-OH is 1. The van der Waals surface area contributed by atoms with E-state index in [1.165, 1.54) is 4.90 Å². The van der Waals surface area contributed by atoms with Crippen LogP contribution < -0.4 is 0 Å². The molecule has 0 aliphatic carbocycles. The molecule has 2 atom stereocenters. The quantitative estimate of drug-likeness (QED) is 0.897. The molecule has 1 aliphatic heterocycles. The highest BCUT2D eigenvalue weighted by molar-refractivity contribution is 5.67. The highest BCUT2D eigenvalue weighted by Crippen LogP contribution is 2.14. The number of ether oxygens (including phenoxy) is 2. The summed E-state index contributed by atoms with van der Waals surface area (Å²) in [5.41, 5.74) is 0.941. The first-order valence-corrected chi connectivity index (χ1v) is 6.35. The molecule has 1 N–H and O–H groups in total. The fraction of sp³-hybridized carbons (Fsp3) is 0.500. The number of carbonyl (C=O) groups excluding carboxylic acids is 1. The standard InChI is InChI=1S/C14H19NO4/c1-18-13-7-12(16)8-15(9-13)14(17)19-10-11-5-3-2-4-6-11/h2-6,12-13,16H,7-10H2,1H3/t12-,13+/m1/s1. The van der Waals surface area contributed by atoms with Crippen molar-refractivity contribution in [3.63, 3.8) is 0 Å². The van der Waals surface area contributed by atoms with Crippen molar-refractivity contribution >= 4 is 6.09 Å². The molecule has 104 valence electrons. The first-order valence-electron chi connectivity index (χ1n) is 6.35. The number of methoxy groups -OCH3 is 1. The largest absolute Gasteiger partial charge is 0.445 e. The van der Waals surface area contributed by atoms with Gasteiger partial charge >= 0.3 is 6.09 Å². The maximum Gasteiger partial charge on any atom is 0.410 e. The molecule has 0 saturated carbocycles. The van der Waals surface area contributed by atoms with E-state index in [1.54, 1.807) is 7.11 Å². The Hall–Kier alpha value is -1.59. The van der Waals surface area contributed by atoms with Crippen LogP contribution in [-0.2, 0) is 16.1 Å². The lowest BCUT2D eigenvalue weighted by molar-refractivity contribution is -0.0287. The maximum absolute atomic E-state index is 11.9. The van der Waals surface area contributed by atoms with E-state index in [-0.39, 0.29) is 12.7 Å². The first-order chi connectivity index (χ1) is 9.19. The topological polar surface area (TPSA) is 59.0 Å². The summed E-state index contributed by atoms with van der Waals surface area (Å²) in [7, 11) is 1.58. The molecule has 0 spiro atoms. The Balaban J connectivity index is 1.85. The second-order valence-electron chi connectivity index (χ2n) is 4.69. The molecule has 2 rings (SSSR count). The molecule has 5 nitrogen and oxygen atoms in total. The molecule has 0 unspecified atom stereocenters. The van der Waals surface area contributed by atoms with Gasteiger partial charge in [-0.25, -0.2) is 4.79 Å². The fourth-order valence-corrected chi connectivity index (χ4v) is 2.16. The van der Waals surface area contributed by atoms with E-state index < -0.39 is 12.2 Å². The van der Waals surface area contributed by atoms with Crippen molar-refractivity contribution in [2.45, 2.75) is 25.2 Å². The lowest BCUT2D eigenvalue weighted by Crippen LogP contribution is -2.49. The van der Waals surface area contributed by atoms with Crippen LogP contribution in [0.5, 0.6) is 0 Å². The summed E-state index contributed by atoms with van der Waals surface area (Å²) in [6, 6.07) is 9.51. The average Bonchev–Trinajstić information content (AvgIpc) is 2.45. The van der Waals surface area contributed by atoms with E-state index in [0.717, 1.165) is 5.56 Å². The highest BCUT2D eigenvalue weighted by atomic mass is 16.6. The summed E-state index contributed by atoms with van der Waals surface area (Å²) < 4.78 is 10.4. The fourth-order valence-electron chi connectivity index (χ4n) is 2.16. The van der Waals surface area contributed by atoms with Crippen LogP contribution in [0.2, 0.25) is 0 Å². The van der Waals surface area contributed by atoms with Gasteiger partial charge in [0.15, 0.2) is 0 Å². The average molecular weight is 265 g/mol. The van der Waals surface area contributed by atoms with Gasteiger partial charge in [0, 0.05) is 13.5 Å². The van der Waals surface area contributed by atoms with E-state index in [9.17, 15) is 9.90 Å². The Morgan fingerprint density at radius 3 is 2.79 bits per heavy atom. The number of hydrogen-bond donors (Lipinski definition) is 1. The van der Waals surface area contributed by atoms with E-state index in [4.69, 9.17) is 9.47 Å². The van der Waals surface area contributed by atoms with Crippen molar-refractivity contribution in [3.8, 4) is 0 Å². The minimum Gasteiger partial charge on any atom is -0.445 e. The van der Waals surface area contributed by atoms with Gasteiger partial charge in [-0.2, -0.15) is 0 Å². The van der Waals surface area contributed by atoms with Crippen molar-refractivity contribution in [2.75, 3.05) is 20.2 Å². The van der Waals surface area contributed by atoms with E-state index in [0.29, 0.717) is 19.5 Å². The molecular formula is C14H19NO4. The van der Waals surface area contributed by atoms with Gasteiger partial charge in [-0.05, 0) is 5.56 Å². The minimum atomic E-state index is -0.553. The summed E-state index contributed by atoms with van der Waals surface area (Å²) in [5.74, 6) is 0. The van der Waals surface area contributed by atoms with Crippen LogP contribution in [0.1, 0.15) is 12.0 Å². The van der Waals surface area contributed by atoms with Crippen molar-refractivity contribution in [3.05, 3.63) is 35.9 Å². The van der Waals surface area contributed by atoms with Crippen LogP contribution in [0, 0.1) is 0 Å². The van der Waals surface area contributed by atoms with Crippen molar-refractivity contribution < 1.29 is 19.4 Å². The monoisotopic (exact) mass is 265 g/mol. The highest BCUT2D eigenvalue weighted by Gasteiger charge is 2.29. The predicted molar refractivity (Wildman–Crippen MR) is 69.6 cm³/mol. The van der Waals surface area contributed by atoms with Crippen molar-refractivity contribution in [1.29, 1.82) is 0 Å². The molecular weight excluding hydrogens is 246 g/mol. The third kappa shape index (κ3) is 3.94. The number of nitrogens with zero attached hydrogens (tertiary/aromatic N) is 1. The molecule has 5 heteroatoms. The number of aliphatic hydroxyl groups is 1. The normalized spacial score (nSPS) is 23.2. The zero-order valence-electron chi connectivity index (χ0n) is 11.0. The number of β-amino-alcohol motifs (C(OH)–C–C–N with tert-alkyl or cyclic N) is 1. The van der Waals surface area contributed by atoms with Gasteiger partial charge in [0.2, 0.25) is 0 Å². The Kier molecular flexibility index (Phi) is 4.76. The number of rotatable bonds is 3. The van der Waals surface area contributed by atoms with Crippen molar-refractivity contribution in [2.24, 2.45) is 0 Å². The van der Waals surface area contributed by atoms with Crippen LogP contribution in [0.4, 0.5) is 4.79 Å². The van der Waals surface area contributed by atoms with Crippen molar-refractivity contribution in [1.82, 2.24) is 4.90 Å². The lowest BCUT2D eigenvalue weighted by Gasteiger charge is -2.34. The van der Waals surface area contributed by atoms with Gasteiger partial charge in [0.05, 0.1) is 25.3 Å². The van der Waals surface area contributed by atoms with Gasteiger partial charge in [-0.3, -0.25) is 0 Å². The number of likely N-dealkylation sites (tertiary alicyclic amines) is 1. The molecule has 1 heterocycles. The molecule has 1 aromatic carbocycles. The van der Waals surface area contributed by atoms with Crippen LogP contribution in [-0.4, -0.2) is 48.5 Å². The smallest absolute Gasteiger partial charge is 0.410 e. The van der Waals surface area contributed by atoms with Gasteiger partial charge in [-0.1, -0.05) is 30.3 Å². The molecule has 1 saturated heterocycles. The lowest BCUT2D eigenvalue weighted by atomic mass is 10.1. The second kappa shape index (κ2) is 6.54. The number of piperidine rings is 1.